The van der Waals surface area contributed by atoms with Crippen LogP contribution in [0.3, 0.4) is 0 Å². The lowest BCUT2D eigenvalue weighted by molar-refractivity contribution is 0.217. The van der Waals surface area contributed by atoms with E-state index in [0.29, 0.717) is 12.0 Å². The molecular formula is C10H21NO2S. The molecule has 1 rings (SSSR count). The van der Waals surface area contributed by atoms with Crippen molar-refractivity contribution in [3.8, 4) is 0 Å². The first-order valence-corrected chi connectivity index (χ1v) is 7.24. The molecule has 0 aromatic rings. The molecule has 1 aliphatic heterocycles. The highest BCUT2D eigenvalue weighted by Gasteiger charge is 2.37. The summed E-state index contributed by atoms with van der Waals surface area (Å²) in [4.78, 5) is 2.29. The molecule has 0 aliphatic carbocycles. The Morgan fingerprint density at radius 3 is 2.29 bits per heavy atom. The molecular weight excluding hydrogens is 198 g/mol. The number of hydrogen-bond donors (Lipinski definition) is 0. The maximum absolute atomic E-state index is 11.4. The summed E-state index contributed by atoms with van der Waals surface area (Å²) in [7, 11) is -2.85. The summed E-state index contributed by atoms with van der Waals surface area (Å²) in [6.07, 6.45) is 2.17. The van der Waals surface area contributed by atoms with Gasteiger partial charge in [0.15, 0.2) is 9.84 Å². The standard InChI is InChI=1S/C10H21NO2S/c1-5-11-7-9(14(4,12)13)6-10(11)8(2)3/h8-10H,5-7H2,1-4H3/t9?,10-/m0/s1. The maximum Gasteiger partial charge on any atom is 0.151 e. The van der Waals surface area contributed by atoms with Crippen LogP contribution in [0.25, 0.3) is 0 Å². The third-order valence-electron chi connectivity index (χ3n) is 3.19. The Balaban J connectivity index is 2.75. The Labute approximate surface area is 87.4 Å². The monoisotopic (exact) mass is 219 g/mol. The quantitative estimate of drug-likeness (QED) is 0.714. The highest BCUT2D eigenvalue weighted by Crippen LogP contribution is 2.27. The van der Waals surface area contributed by atoms with Crippen molar-refractivity contribution < 1.29 is 8.42 Å². The Morgan fingerprint density at radius 2 is 2.00 bits per heavy atom. The largest absolute Gasteiger partial charge is 0.299 e. The maximum atomic E-state index is 11.4. The molecule has 0 bridgehead atoms. The minimum atomic E-state index is -2.85. The number of nitrogens with zero attached hydrogens (tertiary/aromatic N) is 1. The predicted molar refractivity (Wildman–Crippen MR) is 59.1 cm³/mol. The van der Waals surface area contributed by atoms with Crippen molar-refractivity contribution >= 4 is 9.84 Å². The van der Waals surface area contributed by atoms with E-state index in [2.05, 4.69) is 25.7 Å². The van der Waals surface area contributed by atoms with Gasteiger partial charge < -0.3 is 0 Å². The van der Waals surface area contributed by atoms with Gasteiger partial charge in [0.05, 0.1) is 5.25 Å². The number of likely N-dealkylation sites (tertiary alicyclic amines) is 1. The lowest BCUT2D eigenvalue weighted by atomic mass is 10.0. The number of rotatable bonds is 3. The van der Waals surface area contributed by atoms with Gasteiger partial charge in [-0.2, -0.15) is 0 Å². The highest BCUT2D eigenvalue weighted by atomic mass is 32.2. The van der Waals surface area contributed by atoms with E-state index in [1.165, 1.54) is 6.26 Å². The first-order chi connectivity index (χ1) is 6.36. The van der Waals surface area contributed by atoms with Gasteiger partial charge in [0.1, 0.15) is 0 Å². The molecule has 2 atom stereocenters. The van der Waals surface area contributed by atoms with Crippen LogP contribution < -0.4 is 0 Å². The van der Waals surface area contributed by atoms with Crippen molar-refractivity contribution in [2.24, 2.45) is 5.92 Å². The van der Waals surface area contributed by atoms with Crippen molar-refractivity contribution in [3.63, 3.8) is 0 Å². The van der Waals surface area contributed by atoms with Crippen molar-refractivity contribution in [2.75, 3.05) is 19.3 Å². The van der Waals surface area contributed by atoms with Crippen molar-refractivity contribution in [1.29, 1.82) is 0 Å². The Hall–Kier alpha value is -0.0900. The second-order valence-corrected chi connectivity index (χ2v) is 6.91. The molecule has 14 heavy (non-hydrogen) atoms. The topological polar surface area (TPSA) is 37.4 Å². The van der Waals surface area contributed by atoms with Crippen LogP contribution in [0.1, 0.15) is 27.2 Å². The first kappa shape index (κ1) is 12.0. The van der Waals surface area contributed by atoms with Crippen LogP contribution in [0.2, 0.25) is 0 Å². The van der Waals surface area contributed by atoms with Crippen molar-refractivity contribution in [2.45, 2.75) is 38.5 Å². The molecule has 0 saturated carbocycles. The van der Waals surface area contributed by atoms with Gasteiger partial charge in [-0.3, -0.25) is 4.90 Å². The van der Waals surface area contributed by atoms with Crippen LogP contribution in [0.4, 0.5) is 0 Å². The summed E-state index contributed by atoms with van der Waals surface area (Å²) >= 11 is 0. The van der Waals surface area contributed by atoms with Gasteiger partial charge in [-0.25, -0.2) is 8.42 Å². The predicted octanol–water partition coefficient (Wildman–Crippen LogP) is 1.15. The second kappa shape index (κ2) is 4.19. The molecule has 4 heteroatoms. The Bertz CT molecular complexity index is 284. The van der Waals surface area contributed by atoms with Crippen LogP contribution in [0, 0.1) is 5.92 Å². The third-order valence-corrected chi connectivity index (χ3v) is 4.75. The summed E-state index contributed by atoms with van der Waals surface area (Å²) in [5.74, 6) is 0.543. The summed E-state index contributed by atoms with van der Waals surface area (Å²) in [6.45, 7) is 8.10. The molecule has 1 fully saturated rings. The lowest BCUT2D eigenvalue weighted by Crippen LogP contribution is -2.33. The van der Waals surface area contributed by atoms with E-state index in [-0.39, 0.29) is 5.25 Å². The van der Waals surface area contributed by atoms with Gasteiger partial charge >= 0.3 is 0 Å². The van der Waals surface area contributed by atoms with E-state index < -0.39 is 9.84 Å². The molecule has 0 radical (unpaired) electrons. The third kappa shape index (κ3) is 2.48. The van der Waals surface area contributed by atoms with E-state index in [4.69, 9.17) is 0 Å². The van der Waals surface area contributed by atoms with E-state index in [0.717, 1.165) is 19.5 Å². The zero-order chi connectivity index (χ0) is 10.9. The van der Waals surface area contributed by atoms with Crippen molar-refractivity contribution in [1.82, 2.24) is 4.90 Å². The van der Waals surface area contributed by atoms with Gasteiger partial charge in [-0.05, 0) is 18.9 Å². The molecule has 0 N–H and O–H groups in total. The second-order valence-electron chi connectivity index (χ2n) is 4.59. The van der Waals surface area contributed by atoms with Gasteiger partial charge in [-0.15, -0.1) is 0 Å². The first-order valence-electron chi connectivity index (χ1n) is 5.29. The summed E-state index contributed by atoms with van der Waals surface area (Å²) in [5, 5.41) is -0.144. The molecule has 0 amide bonds. The number of hydrogen-bond acceptors (Lipinski definition) is 3. The smallest absolute Gasteiger partial charge is 0.151 e. The van der Waals surface area contributed by atoms with Crippen LogP contribution >= 0.6 is 0 Å². The molecule has 0 aromatic heterocycles. The van der Waals surface area contributed by atoms with Gasteiger partial charge in [-0.1, -0.05) is 20.8 Å². The van der Waals surface area contributed by atoms with Gasteiger partial charge in [0.25, 0.3) is 0 Å². The fourth-order valence-electron chi connectivity index (χ4n) is 2.26. The SMILES string of the molecule is CCN1CC(S(C)(=O)=O)C[C@H]1C(C)C. The Morgan fingerprint density at radius 1 is 1.43 bits per heavy atom. The van der Waals surface area contributed by atoms with Crippen molar-refractivity contribution in [3.05, 3.63) is 0 Å². The fourth-order valence-corrected chi connectivity index (χ4v) is 3.27. The zero-order valence-electron chi connectivity index (χ0n) is 9.53. The summed E-state index contributed by atoms with van der Waals surface area (Å²) < 4.78 is 22.9. The van der Waals surface area contributed by atoms with Crippen LogP contribution in [-0.2, 0) is 9.84 Å². The van der Waals surface area contributed by atoms with Crippen LogP contribution in [0.5, 0.6) is 0 Å². The van der Waals surface area contributed by atoms with E-state index in [1.807, 2.05) is 0 Å². The zero-order valence-corrected chi connectivity index (χ0v) is 10.3. The average Bonchev–Trinajstić information content (AvgIpc) is 2.45. The minimum Gasteiger partial charge on any atom is -0.299 e. The molecule has 0 aromatic carbocycles. The summed E-state index contributed by atoms with van der Waals surface area (Å²) in [5.41, 5.74) is 0. The fraction of sp³-hybridized carbons (Fsp3) is 1.00. The normalized spacial score (nSPS) is 30.1. The van der Waals surface area contributed by atoms with E-state index in [1.54, 1.807) is 0 Å². The average molecular weight is 219 g/mol. The molecule has 1 unspecified atom stereocenters. The molecule has 1 saturated heterocycles. The molecule has 3 nitrogen and oxygen atoms in total. The molecule has 1 aliphatic rings. The molecule has 0 spiro atoms. The van der Waals surface area contributed by atoms with E-state index >= 15 is 0 Å². The number of sulfone groups is 1. The van der Waals surface area contributed by atoms with Crippen LogP contribution in [-0.4, -0.2) is 44.0 Å². The van der Waals surface area contributed by atoms with E-state index in [9.17, 15) is 8.42 Å². The van der Waals surface area contributed by atoms with Gasteiger partial charge in [0, 0.05) is 18.8 Å². The highest BCUT2D eigenvalue weighted by molar-refractivity contribution is 7.91. The minimum absolute atomic E-state index is 0.144. The van der Waals surface area contributed by atoms with Gasteiger partial charge in [0.2, 0.25) is 0 Å². The molecule has 1 heterocycles. The molecule has 84 valence electrons. The summed E-state index contributed by atoms with van der Waals surface area (Å²) in [6, 6.07) is 0.444. The Kier molecular flexibility index (Phi) is 3.58. The van der Waals surface area contributed by atoms with Crippen LogP contribution in [0.15, 0.2) is 0 Å². The lowest BCUT2D eigenvalue weighted by Gasteiger charge is -2.25.